The third-order valence-corrected chi connectivity index (χ3v) is 4.70. The Morgan fingerprint density at radius 3 is 2.91 bits per heavy atom. The Kier molecular flexibility index (Phi) is 2.96. The van der Waals surface area contributed by atoms with Crippen molar-refractivity contribution in [2.24, 2.45) is 5.92 Å². The van der Waals surface area contributed by atoms with Crippen LogP contribution in [0, 0.1) is 12.8 Å². The molecule has 0 spiro atoms. The van der Waals surface area contributed by atoms with Gasteiger partial charge in [-0.3, -0.25) is 4.79 Å². The maximum atomic E-state index is 12.7. The molecule has 0 radical (unpaired) electrons. The molecule has 22 heavy (non-hydrogen) atoms. The lowest BCUT2D eigenvalue weighted by Gasteiger charge is -2.16. The highest BCUT2D eigenvalue weighted by Gasteiger charge is 2.25. The molecule has 0 fully saturated rings. The van der Waals surface area contributed by atoms with Gasteiger partial charge >= 0.3 is 0 Å². The van der Waals surface area contributed by atoms with Gasteiger partial charge in [-0.25, -0.2) is 0 Å². The molecule has 3 heteroatoms. The molecular formula is C19H18O3. The van der Waals surface area contributed by atoms with Crippen molar-refractivity contribution in [2.75, 3.05) is 0 Å². The van der Waals surface area contributed by atoms with Crippen molar-refractivity contribution in [3.8, 4) is 11.3 Å². The standard InChI is InChI=1S/C19H18O3/c1-11-7-8-13-12(2)19(22-17(13)9-11)15-10-21-16-6-4-3-5-14(16)18(15)20/h3-6,10-11H,7-9H2,1-2H3. The van der Waals surface area contributed by atoms with Gasteiger partial charge in [0.15, 0.2) is 0 Å². The van der Waals surface area contributed by atoms with Crippen LogP contribution in [0.25, 0.3) is 22.3 Å². The molecule has 1 aliphatic rings. The van der Waals surface area contributed by atoms with Gasteiger partial charge in [0.05, 0.1) is 5.39 Å². The zero-order valence-electron chi connectivity index (χ0n) is 12.8. The van der Waals surface area contributed by atoms with Gasteiger partial charge in [0, 0.05) is 6.42 Å². The molecule has 3 nitrogen and oxygen atoms in total. The molecule has 1 aliphatic carbocycles. The number of hydrogen-bond donors (Lipinski definition) is 0. The van der Waals surface area contributed by atoms with Gasteiger partial charge in [-0.15, -0.1) is 0 Å². The van der Waals surface area contributed by atoms with Crippen molar-refractivity contribution in [3.05, 3.63) is 57.6 Å². The number of fused-ring (bicyclic) bond motifs is 2. The highest BCUT2D eigenvalue weighted by atomic mass is 16.3. The topological polar surface area (TPSA) is 43.4 Å². The first-order valence-electron chi connectivity index (χ1n) is 7.77. The van der Waals surface area contributed by atoms with E-state index in [9.17, 15) is 4.79 Å². The van der Waals surface area contributed by atoms with Crippen LogP contribution in [0.4, 0.5) is 0 Å². The van der Waals surface area contributed by atoms with Crippen LogP contribution in [-0.4, -0.2) is 0 Å². The van der Waals surface area contributed by atoms with Gasteiger partial charge in [-0.05, 0) is 48.9 Å². The SMILES string of the molecule is Cc1c(-c2coc3ccccc3c2=O)oc2c1CCC(C)C2. The maximum Gasteiger partial charge on any atom is 0.203 e. The molecule has 1 aromatic carbocycles. The molecule has 1 unspecified atom stereocenters. The van der Waals surface area contributed by atoms with Crippen molar-refractivity contribution in [1.29, 1.82) is 0 Å². The lowest BCUT2D eigenvalue weighted by Crippen LogP contribution is -2.09. The lowest BCUT2D eigenvalue weighted by atomic mass is 9.88. The van der Waals surface area contributed by atoms with Crippen molar-refractivity contribution in [1.82, 2.24) is 0 Å². The predicted octanol–water partition coefficient (Wildman–Crippen LogP) is 4.49. The van der Waals surface area contributed by atoms with E-state index in [0.29, 0.717) is 28.2 Å². The first-order valence-corrected chi connectivity index (χ1v) is 7.77. The third-order valence-electron chi connectivity index (χ3n) is 4.70. The summed E-state index contributed by atoms with van der Waals surface area (Å²) in [5, 5.41) is 0.599. The van der Waals surface area contributed by atoms with Crippen LogP contribution < -0.4 is 5.43 Å². The first-order chi connectivity index (χ1) is 10.6. The molecule has 2 aromatic heterocycles. The van der Waals surface area contributed by atoms with Crippen molar-refractivity contribution in [3.63, 3.8) is 0 Å². The Morgan fingerprint density at radius 2 is 2.05 bits per heavy atom. The fourth-order valence-electron chi connectivity index (χ4n) is 3.40. The van der Waals surface area contributed by atoms with E-state index in [1.54, 1.807) is 6.07 Å². The molecule has 0 saturated heterocycles. The van der Waals surface area contributed by atoms with Gasteiger partial charge in [0.1, 0.15) is 28.9 Å². The lowest BCUT2D eigenvalue weighted by molar-refractivity contribution is 0.417. The molecule has 2 heterocycles. The van der Waals surface area contributed by atoms with Crippen LogP contribution in [0.1, 0.15) is 30.2 Å². The van der Waals surface area contributed by atoms with Crippen molar-refractivity contribution in [2.45, 2.75) is 33.1 Å². The molecule has 0 aliphatic heterocycles. The van der Waals surface area contributed by atoms with Crippen LogP contribution in [-0.2, 0) is 12.8 Å². The molecule has 0 saturated carbocycles. The maximum absolute atomic E-state index is 12.7. The van der Waals surface area contributed by atoms with Crippen LogP contribution in [0.3, 0.4) is 0 Å². The van der Waals surface area contributed by atoms with Gasteiger partial charge < -0.3 is 8.83 Å². The predicted molar refractivity (Wildman–Crippen MR) is 86.1 cm³/mol. The summed E-state index contributed by atoms with van der Waals surface area (Å²) in [7, 11) is 0. The van der Waals surface area contributed by atoms with Gasteiger partial charge in [0.2, 0.25) is 5.43 Å². The normalized spacial score (nSPS) is 17.6. The molecular weight excluding hydrogens is 276 g/mol. The number of hydrogen-bond acceptors (Lipinski definition) is 3. The van der Waals surface area contributed by atoms with Gasteiger partial charge in [-0.2, -0.15) is 0 Å². The minimum Gasteiger partial charge on any atom is -0.463 e. The number of furan rings is 1. The van der Waals surface area contributed by atoms with E-state index in [1.165, 1.54) is 18.2 Å². The van der Waals surface area contributed by atoms with E-state index < -0.39 is 0 Å². The quantitative estimate of drug-likeness (QED) is 0.664. The monoisotopic (exact) mass is 294 g/mol. The molecule has 0 N–H and O–H groups in total. The highest BCUT2D eigenvalue weighted by Crippen LogP contribution is 2.36. The summed E-state index contributed by atoms with van der Waals surface area (Å²) < 4.78 is 11.7. The Bertz CT molecular complexity index is 914. The smallest absolute Gasteiger partial charge is 0.203 e. The van der Waals surface area contributed by atoms with Crippen LogP contribution in [0.15, 0.2) is 44.2 Å². The van der Waals surface area contributed by atoms with E-state index in [-0.39, 0.29) is 5.43 Å². The largest absolute Gasteiger partial charge is 0.463 e. The molecule has 1 atom stereocenters. The zero-order valence-corrected chi connectivity index (χ0v) is 12.8. The second-order valence-electron chi connectivity index (χ2n) is 6.28. The Morgan fingerprint density at radius 1 is 1.23 bits per heavy atom. The van der Waals surface area contributed by atoms with Crippen LogP contribution in [0.5, 0.6) is 0 Å². The number of benzene rings is 1. The van der Waals surface area contributed by atoms with Crippen LogP contribution >= 0.6 is 0 Å². The summed E-state index contributed by atoms with van der Waals surface area (Å²) >= 11 is 0. The fourth-order valence-corrected chi connectivity index (χ4v) is 3.40. The third kappa shape index (κ3) is 1.92. The summed E-state index contributed by atoms with van der Waals surface area (Å²) in [6.45, 7) is 4.28. The summed E-state index contributed by atoms with van der Waals surface area (Å²) in [5.74, 6) is 2.36. The molecule has 4 rings (SSSR count). The van der Waals surface area contributed by atoms with Crippen molar-refractivity contribution >= 4 is 11.0 Å². The second-order valence-corrected chi connectivity index (χ2v) is 6.28. The van der Waals surface area contributed by atoms with Gasteiger partial charge in [-0.1, -0.05) is 19.1 Å². The molecule has 112 valence electrons. The van der Waals surface area contributed by atoms with E-state index >= 15 is 0 Å². The fraction of sp³-hybridized carbons (Fsp3) is 0.316. The number of rotatable bonds is 1. The summed E-state index contributed by atoms with van der Waals surface area (Å²) in [6, 6.07) is 7.32. The van der Waals surface area contributed by atoms with E-state index in [0.717, 1.165) is 24.2 Å². The van der Waals surface area contributed by atoms with Crippen LogP contribution in [0.2, 0.25) is 0 Å². The second kappa shape index (κ2) is 4.87. The van der Waals surface area contributed by atoms with E-state index in [2.05, 4.69) is 6.92 Å². The summed E-state index contributed by atoms with van der Waals surface area (Å²) in [6.07, 6.45) is 4.70. The van der Waals surface area contributed by atoms with Crippen molar-refractivity contribution < 1.29 is 8.83 Å². The summed E-state index contributed by atoms with van der Waals surface area (Å²) in [5.41, 5.74) is 3.48. The highest BCUT2D eigenvalue weighted by molar-refractivity contribution is 5.81. The molecule has 0 bridgehead atoms. The Labute approximate surface area is 128 Å². The first kappa shape index (κ1) is 13.4. The summed E-state index contributed by atoms with van der Waals surface area (Å²) in [4.78, 5) is 12.7. The molecule has 3 aromatic rings. The van der Waals surface area contributed by atoms with Gasteiger partial charge in [0.25, 0.3) is 0 Å². The van der Waals surface area contributed by atoms with E-state index in [1.807, 2.05) is 25.1 Å². The Balaban J connectivity index is 1.93. The number of para-hydroxylation sites is 1. The minimum absolute atomic E-state index is 0.0240. The molecule has 0 amide bonds. The average molecular weight is 294 g/mol. The Hall–Kier alpha value is -2.29. The van der Waals surface area contributed by atoms with E-state index in [4.69, 9.17) is 8.83 Å². The minimum atomic E-state index is -0.0240. The average Bonchev–Trinajstić information content (AvgIpc) is 2.84. The zero-order chi connectivity index (χ0) is 15.3.